The van der Waals surface area contributed by atoms with Crippen LogP contribution in [0.15, 0.2) is 41.5 Å². The number of nitrogens with zero attached hydrogens (tertiary/aromatic N) is 5. The summed E-state index contributed by atoms with van der Waals surface area (Å²) in [5.41, 5.74) is 3.36. The zero-order chi connectivity index (χ0) is 21.9. The summed E-state index contributed by atoms with van der Waals surface area (Å²) in [4.78, 5) is 20.9. The molecular formula is C23H37IN6O. The number of halogens is 1. The van der Waals surface area contributed by atoms with Crippen LogP contribution in [0.5, 0.6) is 0 Å². The highest BCUT2D eigenvalue weighted by molar-refractivity contribution is 14.0. The van der Waals surface area contributed by atoms with Crippen LogP contribution in [0.4, 0.5) is 0 Å². The number of carbonyl (C=O) groups excluding carboxylic acids is 1. The number of hydrogen-bond donors (Lipinski definition) is 1. The summed E-state index contributed by atoms with van der Waals surface area (Å²) in [7, 11) is 1.91. The van der Waals surface area contributed by atoms with Gasteiger partial charge in [-0.05, 0) is 58.2 Å². The summed E-state index contributed by atoms with van der Waals surface area (Å²) in [6.07, 6.45) is 3.95. The number of amides is 1. The second-order valence-electron chi connectivity index (χ2n) is 7.28. The second kappa shape index (κ2) is 14.1. The number of likely N-dealkylation sites (N-methyl/N-ethyl adjacent to an activating group) is 2. The molecule has 0 spiro atoms. The molecule has 172 valence electrons. The molecule has 0 aliphatic carbocycles. The van der Waals surface area contributed by atoms with E-state index in [-0.39, 0.29) is 29.9 Å². The number of aliphatic imine (C=N–C) groups is 1. The molecule has 2 aromatic rings. The standard InChI is InChI=1S/C23H36N6O.HI/c1-6-24-23(27(5)18-22(30)28(7-2)8-3)25-16-12-13-20-17-29(26-19(20)4)21-14-10-9-11-15-21;/h9-11,14-15,17H,6-8,12-13,16,18H2,1-5H3,(H,24,25);1H. The van der Waals surface area contributed by atoms with E-state index < -0.39 is 0 Å². The molecule has 0 radical (unpaired) electrons. The van der Waals surface area contributed by atoms with Gasteiger partial charge >= 0.3 is 0 Å². The topological polar surface area (TPSA) is 65.8 Å². The smallest absolute Gasteiger partial charge is 0.242 e. The molecule has 31 heavy (non-hydrogen) atoms. The lowest BCUT2D eigenvalue weighted by Crippen LogP contribution is -2.45. The predicted octanol–water partition coefficient (Wildman–Crippen LogP) is 3.50. The number of aryl methyl sites for hydroxylation is 2. The normalized spacial score (nSPS) is 11.1. The molecule has 0 fully saturated rings. The van der Waals surface area contributed by atoms with Crippen molar-refractivity contribution in [3.8, 4) is 5.69 Å². The SMILES string of the molecule is CCNC(=NCCCc1cn(-c2ccccc2)nc1C)N(C)CC(=O)N(CC)CC.I. The molecule has 0 aliphatic rings. The monoisotopic (exact) mass is 540 g/mol. The first-order valence-electron chi connectivity index (χ1n) is 10.9. The van der Waals surface area contributed by atoms with Crippen LogP contribution in [0.3, 0.4) is 0 Å². The van der Waals surface area contributed by atoms with Gasteiger partial charge in [0.1, 0.15) is 0 Å². The van der Waals surface area contributed by atoms with E-state index in [1.54, 1.807) is 0 Å². The third kappa shape index (κ3) is 8.16. The van der Waals surface area contributed by atoms with Crippen molar-refractivity contribution < 1.29 is 4.79 Å². The van der Waals surface area contributed by atoms with Crippen molar-refractivity contribution in [3.63, 3.8) is 0 Å². The van der Waals surface area contributed by atoms with Gasteiger partial charge in [0.05, 0.1) is 17.9 Å². The maximum absolute atomic E-state index is 12.4. The molecule has 0 saturated heterocycles. The summed E-state index contributed by atoms with van der Waals surface area (Å²) < 4.78 is 1.94. The second-order valence-corrected chi connectivity index (χ2v) is 7.28. The number of nitrogens with one attached hydrogen (secondary N) is 1. The number of guanidine groups is 1. The molecule has 1 amide bonds. The molecule has 0 saturated carbocycles. The predicted molar refractivity (Wildman–Crippen MR) is 139 cm³/mol. The van der Waals surface area contributed by atoms with Crippen LogP contribution in [0.25, 0.3) is 5.69 Å². The minimum absolute atomic E-state index is 0. The lowest BCUT2D eigenvalue weighted by molar-refractivity contribution is -0.131. The minimum atomic E-state index is 0. The summed E-state index contributed by atoms with van der Waals surface area (Å²) in [5.74, 6) is 0.895. The van der Waals surface area contributed by atoms with Gasteiger partial charge in [-0.3, -0.25) is 9.79 Å². The van der Waals surface area contributed by atoms with E-state index in [0.29, 0.717) is 13.1 Å². The van der Waals surface area contributed by atoms with Crippen LogP contribution < -0.4 is 5.32 Å². The van der Waals surface area contributed by atoms with E-state index in [0.717, 1.165) is 49.8 Å². The molecule has 1 N–H and O–H groups in total. The molecule has 1 aromatic heterocycles. The highest BCUT2D eigenvalue weighted by atomic mass is 127. The Bertz CT molecular complexity index is 817. The van der Waals surface area contributed by atoms with E-state index >= 15 is 0 Å². The fourth-order valence-corrected chi connectivity index (χ4v) is 3.33. The summed E-state index contributed by atoms with van der Waals surface area (Å²) in [5, 5.41) is 7.92. The first kappa shape index (κ1) is 26.9. The third-order valence-corrected chi connectivity index (χ3v) is 5.07. The summed E-state index contributed by atoms with van der Waals surface area (Å²) in [6, 6.07) is 10.2. The third-order valence-electron chi connectivity index (χ3n) is 5.07. The highest BCUT2D eigenvalue weighted by Crippen LogP contribution is 2.13. The van der Waals surface area contributed by atoms with E-state index in [1.165, 1.54) is 5.56 Å². The van der Waals surface area contributed by atoms with Gasteiger partial charge in [0, 0.05) is 39.4 Å². The maximum Gasteiger partial charge on any atom is 0.242 e. The number of aromatic nitrogens is 2. The highest BCUT2D eigenvalue weighted by Gasteiger charge is 2.15. The quantitative estimate of drug-likeness (QED) is 0.217. The van der Waals surface area contributed by atoms with Crippen molar-refractivity contribution in [2.24, 2.45) is 4.99 Å². The molecule has 2 rings (SSSR count). The molecule has 0 unspecified atom stereocenters. The van der Waals surface area contributed by atoms with Gasteiger partial charge in [-0.25, -0.2) is 4.68 Å². The van der Waals surface area contributed by atoms with Crippen molar-refractivity contribution in [2.45, 2.75) is 40.5 Å². The molecule has 1 heterocycles. The molecule has 8 heteroatoms. The van der Waals surface area contributed by atoms with Gasteiger partial charge in [-0.2, -0.15) is 5.10 Å². The van der Waals surface area contributed by atoms with Gasteiger partial charge in [-0.15, -0.1) is 24.0 Å². The Morgan fingerprint density at radius 1 is 1.16 bits per heavy atom. The first-order chi connectivity index (χ1) is 14.5. The van der Waals surface area contributed by atoms with Crippen molar-refractivity contribution in [1.82, 2.24) is 24.9 Å². The molecule has 0 atom stereocenters. The average Bonchev–Trinajstić information content (AvgIpc) is 3.12. The van der Waals surface area contributed by atoms with Crippen LogP contribution in [-0.2, 0) is 11.2 Å². The number of carbonyl (C=O) groups is 1. The Morgan fingerprint density at radius 3 is 2.45 bits per heavy atom. The van der Waals surface area contributed by atoms with E-state index in [1.807, 2.05) is 60.5 Å². The number of hydrogen-bond acceptors (Lipinski definition) is 3. The molecular weight excluding hydrogens is 503 g/mol. The number of rotatable bonds is 10. The van der Waals surface area contributed by atoms with Crippen molar-refractivity contribution in [3.05, 3.63) is 47.8 Å². The van der Waals surface area contributed by atoms with Crippen LogP contribution in [0, 0.1) is 6.92 Å². The molecule has 0 bridgehead atoms. The zero-order valence-corrected chi connectivity index (χ0v) is 21.8. The van der Waals surface area contributed by atoms with Crippen LogP contribution >= 0.6 is 24.0 Å². The van der Waals surface area contributed by atoms with Crippen molar-refractivity contribution >= 4 is 35.8 Å². The molecule has 7 nitrogen and oxygen atoms in total. The Labute approximate surface area is 203 Å². The van der Waals surface area contributed by atoms with Crippen molar-refractivity contribution in [1.29, 1.82) is 0 Å². The Hall–Kier alpha value is -2.10. The minimum Gasteiger partial charge on any atom is -0.357 e. The van der Waals surface area contributed by atoms with Gasteiger partial charge < -0.3 is 15.1 Å². The van der Waals surface area contributed by atoms with Crippen LogP contribution in [-0.4, -0.2) is 71.2 Å². The summed E-state index contributed by atoms with van der Waals surface area (Å²) >= 11 is 0. The lowest BCUT2D eigenvalue weighted by Gasteiger charge is -2.25. The fraction of sp³-hybridized carbons (Fsp3) is 0.522. The van der Waals surface area contributed by atoms with E-state index in [9.17, 15) is 4.79 Å². The van der Waals surface area contributed by atoms with Gasteiger partial charge in [0.25, 0.3) is 0 Å². The maximum atomic E-state index is 12.4. The van der Waals surface area contributed by atoms with Crippen molar-refractivity contribution in [2.75, 3.05) is 39.8 Å². The van der Waals surface area contributed by atoms with Crippen LogP contribution in [0.1, 0.15) is 38.4 Å². The van der Waals surface area contributed by atoms with Gasteiger partial charge in [0.2, 0.25) is 5.91 Å². The van der Waals surface area contributed by atoms with Gasteiger partial charge in [0.15, 0.2) is 5.96 Å². The van der Waals surface area contributed by atoms with Crippen LogP contribution in [0.2, 0.25) is 0 Å². The largest absolute Gasteiger partial charge is 0.357 e. The van der Waals surface area contributed by atoms with Gasteiger partial charge in [-0.1, -0.05) is 18.2 Å². The average molecular weight is 540 g/mol. The summed E-state index contributed by atoms with van der Waals surface area (Å²) in [6.45, 7) is 11.3. The first-order valence-corrected chi connectivity index (χ1v) is 10.9. The van der Waals surface area contributed by atoms with E-state index in [4.69, 9.17) is 4.99 Å². The molecule has 1 aromatic carbocycles. The fourth-order valence-electron chi connectivity index (χ4n) is 3.33. The zero-order valence-electron chi connectivity index (χ0n) is 19.5. The lowest BCUT2D eigenvalue weighted by atomic mass is 10.1. The number of benzene rings is 1. The Balaban J connectivity index is 0.00000480. The van der Waals surface area contributed by atoms with E-state index in [2.05, 4.69) is 35.7 Å². The Morgan fingerprint density at radius 2 is 1.84 bits per heavy atom. The number of para-hydroxylation sites is 1. The molecule has 0 aliphatic heterocycles. The Kier molecular flexibility index (Phi) is 12.2.